The van der Waals surface area contributed by atoms with Crippen molar-refractivity contribution in [2.75, 3.05) is 4.90 Å². The van der Waals surface area contributed by atoms with E-state index in [1.807, 2.05) is 0 Å². The molecule has 4 nitrogen and oxygen atoms in total. The molecule has 3 N–H and O–H groups in total. The highest BCUT2D eigenvalue weighted by atomic mass is 19.4. The topological polar surface area (TPSA) is 63.9 Å². The summed E-state index contributed by atoms with van der Waals surface area (Å²) in [5.74, 6) is -5.50. The minimum absolute atomic E-state index is 0.0404. The summed E-state index contributed by atoms with van der Waals surface area (Å²) in [6, 6.07) is 15.5. The van der Waals surface area contributed by atoms with E-state index in [1.165, 1.54) is 24.3 Å². The van der Waals surface area contributed by atoms with Crippen molar-refractivity contribution < 1.29 is 41.7 Å². The van der Waals surface area contributed by atoms with Gasteiger partial charge in [-0.15, -0.1) is 0 Å². The smallest absolute Gasteiger partial charge is 0.392 e. The number of aliphatic hydroxyl groups excluding tert-OH is 2. The fourth-order valence-electron chi connectivity index (χ4n) is 4.79. The van der Waals surface area contributed by atoms with Crippen molar-refractivity contribution in [1.82, 2.24) is 0 Å². The summed E-state index contributed by atoms with van der Waals surface area (Å²) in [5.41, 5.74) is 1.46. The zero-order valence-electron chi connectivity index (χ0n) is 21.6. The number of aryl methyl sites for hydroxylation is 1. The molecule has 0 saturated carbocycles. The maximum atomic E-state index is 16.2. The van der Waals surface area contributed by atoms with Crippen LogP contribution in [0.2, 0.25) is 0 Å². The number of hydrogen-bond donors (Lipinski definition) is 3. The Kier molecular flexibility index (Phi) is 9.35. The molecule has 3 aromatic carbocycles. The van der Waals surface area contributed by atoms with E-state index in [2.05, 4.69) is 0 Å². The van der Waals surface area contributed by atoms with Gasteiger partial charge in [-0.3, -0.25) is 0 Å². The largest absolute Gasteiger partial charge is 0.451 e. The third-order valence-electron chi connectivity index (χ3n) is 6.70. The van der Waals surface area contributed by atoms with Gasteiger partial charge in [-0.25, -0.2) is 0 Å². The lowest BCUT2D eigenvalue weighted by Gasteiger charge is -2.43. The van der Waals surface area contributed by atoms with E-state index >= 15 is 4.39 Å². The zero-order valence-corrected chi connectivity index (χ0v) is 21.6. The summed E-state index contributed by atoms with van der Waals surface area (Å²) in [4.78, 5) is -0.0988. The standard InChI is InChI=1S/C29H31F6NO3/c1-3-8-25-24(21-9-6-5-7-10-21)14-13-20(4-2)26(25)36(27(30,28(31,32)33)29(34,35)39)16-19-11-12-22(17-37)23(15-19)18-38/h5-7,9-15,37-39H,3-4,8,16-18H2,1-2H3. The van der Waals surface area contributed by atoms with Crippen LogP contribution in [0.3, 0.4) is 0 Å². The van der Waals surface area contributed by atoms with E-state index in [4.69, 9.17) is 0 Å². The summed E-state index contributed by atoms with van der Waals surface area (Å²) < 4.78 is 88.2. The molecule has 212 valence electrons. The average molecular weight is 556 g/mol. The van der Waals surface area contributed by atoms with Gasteiger partial charge in [-0.1, -0.05) is 80.9 Å². The van der Waals surface area contributed by atoms with Crippen molar-refractivity contribution in [1.29, 1.82) is 0 Å². The number of rotatable bonds is 11. The first kappa shape index (κ1) is 30.5. The molecule has 0 bridgehead atoms. The SMILES string of the molecule is CCCc1c(-c2ccccc2)ccc(CC)c1N(Cc1ccc(CO)c(CO)c1)C(F)(C(O)(F)F)C(F)(F)F. The van der Waals surface area contributed by atoms with Crippen LogP contribution < -0.4 is 4.90 Å². The minimum Gasteiger partial charge on any atom is -0.392 e. The van der Waals surface area contributed by atoms with Crippen LogP contribution in [0.4, 0.5) is 32.0 Å². The quantitative estimate of drug-likeness (QED) is 0.183. The lowest BCUT2D eigenvalue weighted by atomic mass is 9.90. The van der Waals surface area contributed by atoms with Crippen LogP contribution >= 0.6 is 0 Å². The molecule has 39 heavy (non-hydrogen) atoms. The van der Waals surface area contributed by atoms with Crippen molar-refractivity contribution in [3.8, 4) is 11.1 Å². The van der Waals surface area contributed by atoms with Gasteiger partial charge in [0.2, 0.25) is 0 Å². The third-order valence-corrected chi connectivity index (χ3v) is 6.70. The monoisotopic (exact) mass is 555 g/mol. The summed E-state index contributed by atoms with van der Waals surface area (Å²) in [6.07, 6.45) is -11.4. The molecule has 0 aromatic heterocycles. The van der Waals surface area contributed by atoms with Gasteiger partial charge in [0.05, 0.1) is 13.2 Å². The molecule has 0 saturated heterocycles. The predicted octanol–water partition coefficient (Wildman–Crippen LogP) is 6.67. The Morgan fingerprint density at radius 3 is 1.90 bits per heavy atom. The van der Waals surface area contributed by atoms with E-state index in [9.17, 15) is 37.3 Å². The highest BCUT2D eigenvalue weighted by molar-refractivity contribution is 5.77. The van der Waals surface area contributed by atoms with Crippen LogP contribution in [0, 0.1) is 0 Å². The van der Waals surface area contributed by atoms with Crippen LogP contribution in [-0.4, -0.2) is 33.4 Å². The molecular formula is C29H31F6NO3. The minimum atomic E-state index is -6.21. The Hall–Kier alpha value is -3.08. The maximum absolute atomic E-state index is 16.2. The van der Waals surface area contributed by atoms with Gasteiger partial charge in [0.15, 0.2) is 0 Å². The van der Waals surface area contributed by atoms with Gasteiger partial charge < -0.3 is 20.2 Å². The Labute approximate surface area is 223 Å². The number of halogens is 6. The number of aliphatic hydroxyl groups is 3. The van der Waals surface area contributed by atoms with Gasteiger partial charge in [-0.05, 0) is 51.8 Å². The van der Waals surface area contributed by atoms with Crippen LogP contribution in [0.25, 0.3) is 11.1 Å². The fourth-order valence-corrected chi connectivity index (χ4v) is 4.79. The third kappa shape index (κ3) is 5.92. The highest BCUT2D eigenvalue weighted by Crippen LogP contribution is 2.51. The van der Waals surface area contributed by atoms with E-state index in [1.54, 1.807) is 50.2 Å². The summed E-state index contributed by atoms with van der Waals surface area (Å²) in [6.45, 7) is 1.27. The van der Waals surface area contributed by atoms with Crippen LogP contribution in [0.5, 0.6) is 0 Å². The Morgan fingerprint density at radius 2 is 1.38 bits per heavy atom. The van der Waals surface area contributed by atoms with Gasteiger partial charge >= 0.3 is 18.1 Å². The van der Waals surface area contributed by atoms with Gasteiger partial charge in [0.25, 0.3) is 0 Å². The van der Waals surface area contributed by atoms with E-state index in [-0.39, 0.29) is 51.2 Å². The second kappa shape index (κ2) is 12.0. The first-order valence-corrected chi connectivity index (χ1v) is 12.5. The molecule has 0 radical (unpaired) electrons. The van der Waals surface area contributed by atoms with Crippen molar-refractivity contribution in [3.05, 3.63) is 88.5 Å². The highest BCUT2D eigenvalue weighted by Gasteiger charge is 2.75. The fraction of sp³-hybridized carbons (Fsp3) is 0.379. The summed E-state index contributed by atoms with van der Waals surface area (Å²) >= 11 is 0. The van der Waals surface area contributed by atoms with Gasteiger partial charge in [0, 0.05) is 12.2 Å². The Morgan fingerprint density at radius 1 is 0.769 bits per heavy atom. The number of hydrogen-bond acceptors (Lipinski definition) is 4. The lowest BCUT2D eigenvalue weighted by molar-refractivity contribution is -0.368. The van der Waals surface area contributed by atoms with Crippen LogP contribution in [0.15, 0.2) is 60.7 Å². The molecule has 3 rings (SSSR count). The van der Waals surface area contributed by atoms with Crippen molar-refractivity contribution in [2.24, 2.45) is 0 Å². The first-order chi connectivity index (χ1) is 18.3. The molecule has 0 aliphatic rings. The van der Waals surface area contributed by atoms with E-state index < -0.39 is 37.8 Å². The number of alkyl halides is 6. The molecule has 1 atom stereocenters. The molecule has 0 amide bonds. The average Bonchev–Trinajstić information content (AvgIpc) is 2.90. The second-order valence-corrected chi connectivity index (χ2v) is 9.24. The van der Waals surface area contributed by atoms with Crippen LogP contribution in [0.1, 0.15) is 48.1 Å². The van der Waals surface area contributed by atoms with E-state index in [0.29, 0.717) is 17.5 Å². The lowest BCUT2D eigenvalue weighted by Crippen LogP contribution is -2.66. The van der Waals surface area contributed by atoms with Crippen molar-refractivity contribution in [2.45, 2.75) is 70.9 Å². The molecule has 0 spiro atoms. The Balaban J connectivity index is 2.43. The molecule has 1 unspecified atom stereocenters. The molecule has 10 heteroatoms. The number of benzene rings is 3. The second-order valence-electron chi connectivity index (χ2n) is 9.24. The Bertz CT molecular complexity index is 1240. The summed E-state index contributed by atoms with van der Waals surface area (Å²) in [5, 5.41) is 28.6. The van der Waals surface area contributed by atoms with Crippen molar-refractivity contribution in [3.63, 3.8) is 0 Å². The molecule has 0 aliphatic heterocycles. The molecule has 0 aliphatic carbocycles. The van der Waals surface area contributed by atoms with Gasteiger partial charge in [-0.2, -0.15) is 26.3 Å². The summed E-state index contributed by atoms with van der Waals surface area (Å²) in [7, 11) is 0. The van der Waals surface area contributed by atoms with E-state index in [0.717, 1.165) is 0 Å². The molecule has 0 fully saturated rings. The zero-order chi connectivity index (χ0) is 29.0. The predicted molar refractivity (Wildman–Crippen MR) is 137 cm³/mol. The first-order valence-electron chi connectivity index (χ1n) is 12.5. The van der Waals surface area contributed by atoms with Crippen LogP contribution in [-0.2, 0) is 32.6 Å². The maximum Gasteiger partial charge on any atom is 0.451 e. The molecule has 0 heterocycles. The number of anilines is 1. The normalized spacial score (nSPS) is 13.8. The number of nitrogens with zero attached hydrogens (tertiary/aromatic N) is 1. The van der Waals surface area contributed by atoms with Crippen molar-refractivity contribution >= 4 is 5.69 Å². The van der Waals surface area contributed by atoms with Gasteiger partial charge in [0.1, 0.15) is 0 Å². The molecular weight excluding hydrogens is 524 g/mol. The molecule has 3 aromatic rings.